The first-order valence-electron chi connectivity index (χ1n) is 7.34. The number of nitrogens with zero attached hydrogens (tertiary/aromatic N) is 2. The standard InChI is InChI=1S/C15H16ClIN4OS/c16-12-5-10(2-1-9(12)7-18)20-11-6-13(19-8-11)14(22)21-3-4-23-15(21)17/h1-2,5,11,13,15,19-20H,3-4,6,8H2/t11-,13-,15?/m0/s1. The lowest BCUT2D eigenvalue weighted by atomic mass is 10.1. The Morgan fingerprint density at radius 1 is 1.57 bits per heavy atom. The Bertz CT molecular complexity index is 653. The van der Waals surface area contributed by atoms with Crippen molar-refractivity contribution in [1.29, 1.82) is 5.26 Å². The van der Waals surface area contributed by atoms with Crippen LogP contribution in [0.15, 0.2) is 18.2 Å². The van der Waals surface area contributed by atoms with E-state index in [2.05, 4.69) is 33.2 Å². The quantitative estimate of drug-likeness (QED) is 0.411. The van der Waals surface area contributed by atoms with E-state index in [1.165, 1.54) is 0 Å². The van der Waals surface area contributed by atoms with Gasteiger partial charge in [-0.2, -0.15) is 5.26 Å². The van der Waals surface area contributed by atoms with Crippen molar-refractivity contribution in [3.05, 3.63) is 28.8 Å². The first kappa shape index (κ1) is 17.1. The van der Waals surface area contributed by atoms with Gasteiger partial charge in [0.05, 0.1) is 16.6 Å². The van der Waals surface area contributed by atoms with E-state index in [1.807, 2.05) is 28.8 Å². The molecular formula is C15H16ClIN4OS. The lowest BCUT2D eigenvalue weighted by Crippen LogP contribution is -2.44. The Kier molecular flexibility index (Phi) is 5.57. The number of hydrogen-bond donors (Lipinski definition) is 2. The van der Waals surface area contributed by atoms with Crippen LogP contribution in [0, 0.1) is 11.3 Å². The predicted octanol–water partition coefficient (Wildman–Crippen LogP) is 2.65. The molecule has 1 aromatic carbocycles. The average Bonchev–Trinajstić information content (AvgIpc) is 3.16. The van der Waals surface area contributed by atoms with Crippen LogP contribution in [0.2, 0.25) is 5.02 Å². The number of alkyl halides is 1. The van der Waals surface area contributed by atoms with Gasteiger partial charge < -0.3 is 15.5 Å². The van der Waals surface area contributed by atoms with Crippen molar-refractivity contribution in [2.45, 2.75) is 21.9 Å². The van der Waals surface area contributed by atoms with E-state index in [0.29, 0.717) is 10.6 Å². The summed E-state index contributed by atoms with van der Waals surface area (Å²) >= 11 is 10.2. The van der Waals surface area contributed by atoms with Gasteiger partial charge in [-0.3, -0.25) is 4.79 Å². The van der Waals surface area contributed by atoms with E-state index in [0.717, 1.165) is 31.0 Å². The smallest absolute Gasteiger partial charge is 0.241 e. The minimum absolute atomic E-state index is 0.127. The zero-order valence-electron chi connectivity index (χ0n) is 12.3. The van der Waals surface area contributed by atoms with Gasteiger partial charge in [0.25, 0.3) is 0 Å². The van der Waals surface area contributed by atoms with Gasteiger partial charge in [0.15, 0.2) is 0 Å². The van der Waals surface area contributed by atoms with Crippen LogP contribution >= 0.6 is 46.0 Å². The van der Waals surface area contributed by atoms with E-state index >= 15 is 0 Å². The summed E-state index contributed by atoms with van der Waals surface area (Å²) in [4.78, 5) is 14.5. The van der Waals surface area contributed by atoms with Crippen LogP contribution in [0.25, 0.3) is 0 Å². The molecular weight excluding hydrogens is 447 g/mol. The van der Waals surface area contributed by atoms with Gasteiger partial charge in [-0.05, 0) is 47.2 Å². The minimum Gasteiger partial charge on any atom is -0.381 e. The van der Waals surface area contributed by atoms with E-state index in [-0.39, 0.29) is 21.4 Å². The van der Waals surface area contributed by atoms with Crippen LogP contribution in [0.5, 0.6) is 0 Å². The molecule has 0 aromatic heterocycles. The Hall–Kier alpha value is -0.690. The molecule has 0 saturated carbocycles. The summed E-state index contributed by atoms with van der Waals surface area (Å²) in [6.07, 6.45) is 0.751. The van der Waals surface area contributed by atoms with Crippen molar-refractivity contribution in [1.82, 2.24) is 10.2 Å². The summed E-state index contributed by atoms with van der Waals surface area (Å²) in [7, 11) is 0. The second kappa shape index (κ2) is 7.47. The third kappa shape index (κ3) is 3.87. The highest BCUT2D eigenvalue weighted by Gasteiger charge is 2.36. The number of nitrogens with one attached hydrogen (secondary N) is 2. The number of rotatable bonds is 3. The first-order chi connectivity index (χ1) is 11.1. The van der Waals surface area contributed by atoms with Gasteiger partial charge in [-0.1, -0.05) is 11.6 Å². The fourth-order valence-corrected chi connectivity index (χ4v) is 5.24. The molecule has 5 nitrogen and oxygen atoms in total. The first-order valence-corrected chi connectivity index (χ1v) is 10.0. The highest BCUT2D eigenvalue weighted by Crippen LogP contribution is 2.30. The number of benzene rings is 1. The van der Waals surface area contributed by atoms with Gasteiger partial charge in [0.2, 0.25) is 5.91 Å². The summed E-state index contributed by atoms with van der Waals surface area (Å²) in [5.74, 6) is 1.20. The summed E-state index contributed by atoms with van der Waals surface area (Å²) in [6.45, 7) is 1.57. The number of carbonyl (C=O) groups excluding carboxylic acids is 1. The van der Waals surface area contributed by atoms with Gasteiger partial charge in [-0.25, -0.2) is 0 Å². The summed E-state index contributed by atoms with van der Waals surface area (Å²) < 4.78 is 0.242. The van der Waals surface area contributed by atoms with Gasteiger partial charge in [0.1, 0.15) is 9.45 Å². The number of nitriles is 1. The molecule has 0 bridgehead atoms. The summed E-state index contributed by atoms with van der Waals surface area (Å²) in [6, 6.07) is 7.41. The molecule has 2 N–H and O–H groups in total. The monoisotopic (exact) mass is 462 g/mol. The Balaban J connectivity index is 1.59. The summed E-state index contributed by atoms with van der Waals surface area (Å²) in [5.41, 5.74) is 1.34. The maximum absolute atomic E-state index is 12.6. The second-order valence-corrected chi connectivity index (χ2v) is 9.16. The van der Waals surface area contributed by atoms with E-state index in [1.54, 1.807) is 12.1 Å². The molecule has 1 aromatic rings. The van der Waals surface area contributed by atoms with E-state index in [9.17, 15) is 4.79 Å². The van der Waals surface area contributed by atoms with E-state index < -0.39 is 0 Å². The fraction of sp³-hybridized carbons (Fsp3) is 0.467. The molecule has 8 heteroatoms. The number of carbonyl (C=O) groups is 1. The molecule has 3 atom stereocenters. The van der Waals surface area contributed by atoms with Crippen LogP contribution in [-0.2, 0) is 4.79 Å². The van der Waals surface area contributed by atoms with Crippen molar-refractivity contribution in [3.63, 3.8) is 0 Å². The van der Waals surface area contributed by atoms with Crippen LogP contribution in [0.1, 0.15) is 12.0 Å². The molecule has 2 saturated heterocycles. The second-order valence-electron chi connectivity index (χ2n) is 5.54. The maximum Gasteiger partial charge on any atom is 0.241 e. The normalized spacial score (nSPS) is 27.0. The highest BCUT2D eigenvalue weighted by atomic mass is 127. The highest BCUT2D eigenvalue weighted by molar-refractivity contribution is 14.1. The summed E-state index contributed by atoms with van der Waals surface area (Å²) in [5, 5.41) is 16.0. The average molecular weight is 463 g/mol. The zero-order valence-corrected chi connectivity index (χ0v) is 16.0. The molecule has 3 rings (SSSR count). The van der Waals surface area contributed by atoms with Crippen molar-refractivity contribution >= 4 is 57.5 Å². The van der Waals surface area contributed by atoms with Crippen LogP contribution < -0.4 is 10.6 Å². The lowest BCUT2D eigenvalue weighted by Gasteiger charge is -2.23. The Morgan fingerprint density at radius 2 is 2.39 bits per heavy atom. The van der Waals surface area contributed by atoms with Crippen molar-refractivity contribution < 1.29 is 4.79 Å². The van der Waals surface area contributed by atoms with Gasteiger partial charge in [-0.15, -0.1) is 11.8 Å². The maximum atomic E-state index is 12.6. The Labute approximate surface area is 158 Å². The molecule has 2 heterocycles. The van der Waals surface area contributed by atoms with E-state index in [4.69, 9.17) is 16.9 Å². The number of anilines is 1. The van der Waals surface area contributed by atoms with Crippen molar-refractivity contribution in [2.24, 2.45) is 0 Å². The fourth-order valence-electron chi connectivity index (χ4n) is 2.82. The number of halogens is 2. The largest absolute Gasteiger partial charge is 0.381 e. The van der Waals surface area contributed by atoms with Gasteiger partial charge in [0, 0.05) is 30.6 Å². The predicted molar refractivity (Wildman–Crippen MR) is 102 cm³/mol. The Morgan fingerprint density at radius 3 is 3.04 bits per heavy atom. The van der Waals surface area contributed by atoms with Crippen LogP contribution in [0.3, 0.4) is 0 Å². The van der Waals surface area contributed by atoms with Crippen molar-refractivity contribution in [2.75, 3.05) is 24.2 Å². The molecule has 2 aliphatic rings. The molecule has 0 spiro atoms. The molecule has 1 unspecified atom stereocenters. The number of hydrogen-bond acceptors (Lipinski definition) is 5. The molecule has 23 heavy (non-hydrogen) atoms. The van der Waals surface area contributed by atoms with Crippen LogP contribution in [0.4, 0.5) is 5.69 Å². The third-order valence-electron chi connectivity index (χ3n) is 4.00. The molecule has 2 aliphatic heterocycles. The van der Waals surface area contributed by atoms with Crippen molar-refractivity contribution in [3.8, 4) is 6.07 Å². The topological polar surface area (TPSA) is 68.2 Å². The molecule has 122 valence electrons. The molecule has 0 radical (unpaired) electrons. The molecule has 2 fully saturated rings. The lowest BCUT2D eigenvalue weighted by molar-refractivity contribution is -0.131. The zero-order chi connectivity index (χ0) is 16.4. The molecule has 1 amide bonds. The third-order valence-corrected chi connectivity index (χ3v) is 7.02. The number of amides is 1. The SMILES string of the molecule is N#Cc1ccc(N[C@@H]2CN[C@H](C(=O)N3CCSC3I)C2)cc1Cl. The van der Waals surface area contributed by atoms with Crippen LogP contribution in [-0.4, -0.2) is 45.1 Å². The van der Waals surface area contributed by atoms with Gasteiger partial charge >= 0.3 is 0 Å². The minimum atomic E-state index is -0.127. The number of thioether (sulfide) groups is 1. The molecule has 0 aliphatic carbocycles.